The number of halogens is 6. The first kappa shape index (κ1) is 18.2. The fourth-order valence-corrected chi connectivity index (χ4v) is 2.64. The van der Waals surface area contributed by atoms with Gasteiger partial charge in [-0.1, -0.05) is 6.07 Å². The second kappa shape index (κ2) is 6.31. The minimum absolute atomic E-state index is 0.0296. The Balaban J connectivity index is 1.88. The molecule has 0 saturated heterocycles. The number of alkyl halides is 6. The van der Waals surface area contributed by atoms with Crippen molar-refractivity contribution in [2.75, 3.05) is 0 Å². The van der Waals surface area contributed by atoms with Gasteiger partial charge in [0.05, 0.1) is 0 Å². The van der Waals surface area contributed by atoms with Crippen molar-refractivity contribution in [1.29, 1.82) is 0 Å². The molecular formula is C15H9F6N3OS. The fourth-order valence-electron chi connectivity index (χ4n) is 1.97. The van der Waals surface area contributed by atoms with E-state index in [-0.39, 0.29) is 17.4 Å². The van der Waals surface area contributed by atoms with Crippen molar-refractivity contribution in [3.63, 3.8) is 0 Å². The predicted molar refractivity (Wildman–Crippen MR) is 80.5 cm³/mol. The van der Waals surface area contributed by atoms with E-state index >= 15 is 0 Å². The van der Waals surface area contributed by atoms with Gasteiger partial charge in [0, 0.05) is 23.2 Å². The number of rotatable bonds is 3. The van der Waals surface area contributed by atoms with Crippen LogP contribution in [0.4, 0.5) is 26.3 Å². The first-order valence-electron chi connectivity index (χ1n) is 6.98. The molecule has 3 rings (SSSR count). The molecule has 11 heteroatoms. The third-order valence-electron chi connectivity index (χ3n) is 3.22. The summed E-state index contributed by atoms with van der Waals surface area (Å²) in [6, 6.07) is 4.55. The Morgan fingerprint density at radius 3 is 2.35 bits per heavy atom. The van der Waals surface area contributed by atoms with Gasteiger partial charge in [0.1, 0.15) is 10.6 Å². The number of nitrogens with zero attached hydrogens (tertiary/aromatic N) is 3. The minimum atomic E-state index is -4.60. The second-order valence-electron chi connectivity index (χ2n) is 5.18. The van der Waals surface area contributed by atoms with Crippen molar-refractivity contribution < 1.29 is 31.1 Å². The van der Waals surface area contributed by atoms with Crippen molar-refractivity contribution in [2.45, 2.75) is 19.3 Å². The Labute approximate surface area is 146 Å². The maximum Gasteiger partial charge on any atom is 0.435 e. The highest BCUT2D eigenvalue weighted by molar-refractivity contribution is 7.10. The van der Waals surface area contributed by atoms with Gasteiger partial charge < -0.3 is 4.74 Å². The average Bonchev–Trinajstić information content (AvgIpc) is 3.17. The Bertz CT molecular complexity index is 928. The van der Waals surface area contributed by atoms with Crippen molar-refractivity contribution in [1.82, 2.24) is 14.8 Å². The van der Waals surface area contributed by atoms with Crippen LogP contribution in [0.3, 0.4) is 0 Å². The molecule has 0 N–H and O–H groups in total. The average molecular weight is 393 g/mol. The summed E-state index contributed by atoms with van der Waals surface area (Å²) in [5, 5.41) is 4.57. The summed E-state index contributed by atoms with van der Waals surface area (Å²) in [5.41, 5.74) is -0.591. The molecule has 3 aromatic rings. The summed E-state index contributed by atoms with van der Waals surface area (Å²) in [7, 11) is 0. The topological polar surface area (TPSA) is 39.9 Å². The van der Waals surface area contributed by atoms with Crippen molar-refractivity contribution >= 4 is 11.3 Å². The molecule has 0 spiro atoms. The van der Waals surface area contributed by atoms with Crippen LogP contribution in [0.25, 0.3) is 5.82 Å². The number of ether oxygens (including phenoxy) is 1. The first-order chi connectivity index (χ1) is 12.0. The molecule has 0 aliphatic heterocycles. The Hall–Kier alpha value is -2.56. The zero-order valence-electron chi connectivity index (χ0n) is 12.9. The monoisotopic (exact) mass is 393 g/mol. The highest BCUT2D eigenvalue weighted by Crippen LogP contribution is 2.38. The molecule has 0 aliphatic rings. The third-order valence-corrected chi connectivity index (χ3v) is 4.17. The van der Waals surface area contributed by atoms with Gasteiger partial charge in [-0.2, -0.15) is 36.4 Å². The van der Waals surface area contributed by atoms with Crippen LogP contribution in [0.2, 0.25) is 0 Å². The van der Waals surface area contributed by atoms with Gasteiger partial charge in [0.15, 0.2) is 11.5 Å². The van der Waals surface area contributed by atoms with Crippen LogP contribution < -0.4 is 4.74 Å². The number of aromatic nitrogens is 3. The van der Waals surface area contributed by atoms with E-state index in [0.717, 1.165) is 23.0 Å². The smallest absolute Gasteiger partial charge is 0.435 e. The van der Waals surface area contributed by atoms with Crippen molar-refractivity contribution in [3.8, 4) is 17.4 Å². The van der Waals surface area contributed by atoms with Gasteiger partial charge in [-0.3, -0.25) is 0 Å². The van der Waals surface area contributed by atoms with E-state index in [1.165, 1.54) is 17.5 Å². The van der Waals surface area contributed by atoms with Gasteiger partial charge in [0.25, 0.3) is 0 Å². The van der Waals surface area contributed by atoms with E-state index in [1.807, 2.05) is 0 Å². The Kier molecular flexibility index (Phi) is 4.42. The van der Waals surface area contributed by atoms with Crippen LogP contribution >= 0.6 is 11.3 Å². The molecule has 0 fully saturated rings. The van der Waals surface area contributed by atoms with E-state index in [9.17, 15) is 26.3 Å². The van der Waals surface area contributed by atoms with E-state index in [2.05, 4.69) is 10.1 Å². The van der Waals surface area contributed by atoms with E-state index in [4.69, 9.17) is 4.74 Å². The summed E-state index contributed by atoms with van der Waals surface area (Å²) < 4.78 is 82.1. The lowest BCUT2D eigenvalue weighted by atomic mass is 10.3. The standard InChI is InChI=1S/C15H9F6N3OS/c1-8-2-3-12(24-5-4-10(23-24)14(16,17)18)22-13(8)25-9-6-11(26-7-9)15(19,20)21/h2-7H,1H3. The van der Waals surface area contributed by atoms with Gasteiger partial charge in [-0.25, -0.2) is 4.68 Å². The summed E-state index contributed by atoms with van der Waals surface area (Å²) in [5.74, 6) is -0.0584. The molecule has 0 bridgehead atoms. The highest BCUT2D eigenvalue weighted by Gasteiger charge is 2.34. The molecule has 0 saturated carbocycles. The maximum absolute atomic E-state index is 12.6. The second-order valence-corrected chi connectivity index (χ2v) is 6.09. The zero-order valence-corrected chi connectivity index (χ0v) is 13.7. The number of pyridine rings is 1. The number of aryl methyl sites for hydroxylation is 1. The molecular weight excluding hydrogens is 384 g/mol. The van der Waals surface area contributed by atoms with E-state index in [1.54, 1.807) is 6.92 Å². The predicted octanol–water partition coefficient (Wildman–Crippen LogP) is 5.47. The molecule has 0 unspecified atom stereocenters. The molecule has 138 valence electrons. The third kappa shape index (κ3) is 3.82. The van der Waals surface area contributed by atoms with Crippen LogP contribution in [-0.4, -0.2) is 14.8 Å². The lowest BCUT2D eigenvalue weighted by Crippen LogP contribution is -2.08. The SMILES string of the molecule is Cc1ccc(-n2ccc(C(F)(F)F)n2)nc1Oc1csc(C(F)(F)F)c1. The van der Waals surface area contributed by atoms with Crippen LogP contribution in [0, 0.1) is 6.92 Å². The van der Waals surface area contributed by atoms with Crippen LogP contribution in [0.15, 0.2) is 35.8 Å². The quantitative estimate of drug-likeness (QED) is 0.554. The number of thiophene rings is 1. The number of hydrogen-bond donors (Lipinski definition) is 0. The molecule has 0 radical (unpaired) electrons. The molecule has 3 aromatic heterocycles. The van der Waals surface area contributed by atoms with E-state index in [0.29, 0.717) is 16.9 Å². The van der Waals surface area contributed by atoms with E-state index < -0.39 is 22.9 Å². The van der Waals surface area contributed by atoms with Gasteiger partial charge in [-0.15, -0.1) is 11.3 Å². The normalized spacial score (nSPS) is 12.4. The van der Waals surface area contributed by atoms with Gasteiger partial charge >= 0.3 is 12.4 Å². The van der Waals surface area contributed by atoms with Crippen LogP contribution in [0.1, 0.15) is 16.1 Å². The minimum Gasteiger partial charge on any atom is -0.438 e. The molecule has 0 amide bonds. The van der Waals surface area contributed by atoms with Crippen molar-refractivity contribution in [3.05, 3.63) is 52.0 Å². The molecule has 3 heterocycles. The Morgan fingerprint density at radius 1 is 1.04 bits per heavy atom. The Morgan fingerprint density at radius 2 is 1.77 bits per heavy atom. The molecule has 0 aliphatic carbocycles. The first-order valence-corrected chi connectivity index (χ1v) is 7.86. The fraction of sp³-hybridized carbons (Fsp3) is 0.200. The van der Waals surface area contributed by atoms with Gasteiger partial charge in [0.2, 0.25) is 5.88 Å². The summed E-state index contributed by atoms with van der Waals surface area (Å²) in [4.78, 5) is 3.21. The molecule has 0 aromatic carbocycles. The highest BCUT2D eigenvalue weighted by atomic mass is 32.1. The number of hydrogen-bond acceptors (Lipinski definition) is 4. The largest absolute Gasteiger partial charge is 0.438 e. The maximum atomic E-state index is 12.6. The summed E-state index contributed by atoms with van der Waals surface area (Å²) in [6.45, 7) is 1.60. The van der Waals surface area contributed by atoms with Gasteiger partial charge in [-0.05, 0) is 19.1 Å². The zero-order chi connectivity index (χ0) is 19.1. The molecule has 0 atom stereocenters. The molecule has 4 nitrogen and oxygen atoms in total. The van der Waals surface area contributed by atoms with Crippen molar-refractivity contribution in [2.24, 2.45) is 0 Å². The van der Waals surface area contributed by atoms with Crippen LogP contribution in [-0.2, 0) is 12.4 Å². The lowest BCUT2D eigenvalue weighted by molar-refractivity contribution is -0.141. The lowest BCUT2D eigenvalue weighted by Gasteiger charge is -2.08. The summed E-state index contributed by atoms with van der Waals surface area (Å²) >= 11 is 0.468. The molecule has 26 heavy (non-hydrogen) atoms. The van der Waals surface area contributed by atoms with Crippen LogP contribution in [0.5, 0.6) is 11.6 Å². The summed E-state index contributed by atoms with van der Waals surface area (Å²) in [6.07, 6.45) is -8.00.